The third-order valence-corrected chi connectivity index (χ3v) is 2.84. The summed E-state index contributed by atoms with van der Waals surface area (Å²) >= 11 is 0. The summed E-state index contributed by atoms with van der Waals surface area (Å²) in [7, 11) is 0. The monoisotopic (exact) mass is 202 g/mol. The Morgan fingerprint density at radius 3 is 2.93 bits per heavy atom. The highest BCUT2D eigenvalue weighted by Gasteiger charge is 2.23. The van der Waals surface area contributed by atoms with E-state index in [1.807, 2.05) is 0 Å². The molecule has 0 aromatic heterocycles. The van der Waals surface area contributed by atoms with Gasteiger partial charge in [-0.05, 0) is 25.8 Å². The molecule has 1 rings (SSSR count). The molecule has 3 heteroatoms. The van der Waals surface area contributed by atoms with Gasteiger partial charge in [0.25, 0.3) is 0 Å². The molecule has 0 aromatic rings. The largest absolute Gasteiger partial charge is 0.313 e. The summed E-state index contributed by atoms with van der Waals surface area (Å²) in [6.07, 6.45) is 3.24. The maximum Gasteiger partial charge on any atom is 0.0906 e. The third kappa shape index (κ3) is 3.93. The predicted molar refractivity (Wildman–Crippen MR) is 58.3 cm³/mol. The summed E-state index contributed by atoms with van der Waals surface area (Å²) in [4.78, 5) is 2.43. The van der Waals surface area contributed by atoms with Gasteiger partial charge >= 0.3 is 0 Å². The first-order chi connectivity index (χ1) is 6.74. The maximum absolute atomic E-state index is 12.0. The molecule has 1 saturated heterocycles. The van der Waals surface area contributed by atoms with Gasteiger partial charge < -0.3 is 5.32 Å². The van der Waals surface area contributed by atoms with Crippen LogP contribution in [0.5, 0.6) is 0 Å². The van der Waals surface area contributed by atoms with Crippen molar-refractivity contribution in [3.8, 4) is 0 Å². The predicted octanol–water partition coefficient (Wildman–Crippen LogP) is 1.81. The Balaban J connectivity index is 2.21. The van der Waals surface area contributed by atoms with E-state index in [1.54, 1.807) is 0 Å². The van der Waals surface area contributed by atoms with Crippen LogP contribution in [0, 0.1) is 0 Å². The lowest BCUT2D eigenvalue weighted by molar-refractivity contribution is 0.233. The van der Waals surface area contributed by atoms with E-state index in [4.69, 9.17) is 0 Å². The number of nitrogens with zero attached hydrogens (tertiary/aromatic N) is 1. The fourth-order valence-corrected chi connectivity index (χ4v) is 2.06. The highest BCUT2D eigenvalue weighted by molar-refractivity contribution is 4.81. The Morgan fingerprint density at radius 2 is 2.29 bits per heavy atom. The second-order valence-electron chi connectivity index (χ2n) is 4.44. The van der Waals surface area contributed by atoms with Crippen LogP contribution in [-0.4, -0.2) is 43.3 Å². The first-order valence-electron chi connectivity index (χ1n) is 5.77. The molecule has 0 bridgehead atoms. The molecule has 1 aliphatic rings. The lowest BCUT2D eigenvalue weighted by Gasteiger charge is -2.25. The van der Waals surface area contributed by atoms with Crippen LogP contribution < -0.4 is 5.32 Å². The van der Waals surface area contributed by atoms with Crippen molar-refractivity contribution >= 4 is 0 Å². The highest BCUT2D eigenvalue weighted by Crippen LogP contribution is 2.16. The normalized spacial score (nSPS) is 23.6. The van der Waals surface area contributed by atoms with Gasteiger partial charge in [-0.25, -0.2) is 0 Å². The first kappa shape index (κ1) is 11.9. The molecule has 1 aliphatic heterocycles. The number of hydrogen-bond donors (Lipinski definition) is 1. The summed E-state index contributed by atoms with van der Waals surface area (Å²) in [6.45, 7) is 7.30. The Kier molecular flexibility index (Phi) is 5.41. The molecule has 0 saturated carbocycles. The Bertz CT molecular complexity index is 150. The molecule has 0 spiro atoms. The molecule has 1 fully saturated rings. The van der Waals surface area contributed by atoms with Crippen molar-refractivity contribution in [1.29, 1.82) is 0 Å². The molecule has 1 unspecified atom stereocenters. The zero-order valence-electron chi connectivity index (χ0n) is 9.43. The van der Waals surface area contributed by atoms with Crippen molar-refractivity contribution in [2.75, 3.05) is 26.3 Å². The number of likely N-dealkylation sites (tertiary alicyclic amines) is 1. The fourth-order valence-electron chi connectivity index (χ4n) is 2.06. The van der Waals surface area contributed by atoms with Gasteiger partial charge in [0.1, 0.15) is 0 Å². The quantitative estimate of drug-likeness (QED) is 0.706. The smallest absolute Gasteiger partial charge is 0.0906 e. The molecule has 14 heavy (non-hydrogen) atoms. The van der Waals surface area contributed by atoms with Crippen LogP contribution >= 0.6 is 0 Å². The zero-order valence-corrected chi connectivity index (χ0v) is 9.43. The standard InChI is InChI=1S/C11H23FN2/c1-10(2)13-9-11-5-3-7-14(11)8-4-6-12/h10-11,13H,3-9H2,1-2H3. The maximum atomic E-state index is 12.0. The van der Waals surface area contributed by atoms with Crippen molar-refractivity contribution in [3.63, 3.8) is 0 Å². The fraction of sp³-hybridized carbons (Fsp3) is 1.00. The molecular weight excluding hydrogens is 179 g/mol. The van der Waals surface area contributed by atoms with Crippen LogP contribution in [0.2, 0.25) is 0 Å². The van der Waals surface area contributed by atoms with Crippen LogP contribution in [0.4, 0.5) is 4.39 Å². The van der Waals surface area contributed by atoms with Gasteiger partial charge in [-0.2, -0.15) is 0 Å². The minimum Gasteiger partial charge on any atom is -0.313 e. The van der Waals surface area contributed by atoms with Crippen LogP contribution in [-0.2, 0) is 0 Å². The van der Waals surface area contributed by atoms with Crippen molar-refractivity contribution in [3.05, 3.63) is 0 Å². The van der Waals surface area contributed by atoms with Crippen molar-refractivity contribution in [2.24, 2.45) is 0 Å². The second kappa shape index (κ2) is 6.36. The lowest BCUT2D eigenvalue weighted by atomic mass is 10.2. The SMILES string of the molecule is CC(C)NCC1CCCN1CCCF. The lowest BCUT2D eigenvalue weighted by Crippen LogP contribution is -2.40. The molecule has 0 radical (unpaired) electrons. The highest BCUT2D eigenvalue weighted by atomic mass is 19.1. The van der Waals surface area contributed by atoms with Crippen LogP contribution in [0.25, 0.3) is 0 Å². The van der Waals surface area contributed by atoms with Crippen molar-refractivity contribution < 1.29 is 4.39 Å². The summed E-state index contributed by atoms with van der Waals surface area (Å²) in [5, 5.41) is 3.46. The van der Waals surface area contributed by atoms with Gasteiger partial charge in [0, 0.05) is 25.2 Å². The van der Waals surface area contributed by atoms with Crippen molar-refractivity contribution in [2.45, 2.75) is 45.2 Å². The Labute approximate surface area is 86.9 Å². The number of rotatable bonds is 6. The minimum absolute atomic E-state index is 0.180. The van der Waals surface area contributed by atoms with Crippen LogP contribution in [0.15, 0.2) is 0 Å². The molecule has 1 N–H and O–H groups in total. The van der Waals surface area contributed by atoms with E-state index in [0.717, 1.165) is 19.6 Å². The minimum atomic E-state index is -0.180. The number of alkyl halides is 1. The first-order valence-corrected chi connectivity index (χ1v) is 5.77. The van der Waals surface area contributed by atoms with Crippen LogP contribution in [0.3, 0.4) is 0 Å². The van der Waals surface area contributed by atoms with Gasteiger partial charge in [0.2, 0.25) is 0 Å². The van der Waals surface area contributed by atoms with E-state index in [9.17, 15) is 4.39 Å². The Morgan fingerprint density at radius 1 is 1.50 bits per heavy atom. The van der Waals surface area contributed by atoms with E-state index >= 15 is 0 Å². The van der Waals surface area contributed by atoms with Gasteiger partial charge in [-0.1, -0.05) is 13.8 Å². The Hall–Kier alpha value is -0.150. The van der Waals surface area contributed by atoms with Gasteiger partial charge in [0.05, 0.1) is 6.67 Å². The van der Waals surface area contributed by atoms with E-state index < -0.39 is 0 Å². The van der Waals surface area contributed by atoms with Crippen molar-refractivity contribution in [1.82, 2.24) is 10.2 Å². The molecule has 0 amide bonds. The van der Waals surface area contributed by atoms with E-state index in [2.05, 4.69) is 24.1 Å². The topological polar surface area (TPSA) is 15.3 Å². The summed E-state index contributed by atoms with van der Waals surface area (Å²) in [6, 6.07) is 1.20. The molecule has 1 atom stereocenters. The molecule has 2 nitrogen and oxygen atoms in total. The summed E-state index contributed by atoms with van der Waals surface area (Å²) < 4.78 is 12.0. The summed E-state index contributed by atoms with van der Waals surface area (Å²) in [5.74, 6) is 0. The molecule has 1 heterocycles. The molecule has 0 aliphatic carbocycles. The zero-order chi connectivity index (χ0) is 10.4. The van der Waals surface area contributed by atoms with Gasteiger partial charge in [-0.3, -0.25) is 9.29 Å². The molecular formula is C11H23FN2. The van der Waals surface area contributed by atoms with E-state index in [-0.39, 0.29) is 6.67 Å². The number of nitrogens with one attached hydrogen (secondary N) is 1. The van der Waals surface area contributed by atoms with Gasteiger partial charge in [0.15, 0.2) is 0 Å². The van der Waals surface area contributed by atoms with E-state index in [0.29, 0.717) is 18.5 Å². The average molecular weight is 202 g/mol. The summed E-state index contributed by atoms with van der Waals surface area (Å²) in [5.41, 5.74) is 0. The number of hydrogen-bond acceptors (Lipinski definition) is 2. The molecule has 0 aromatic carbocycles. The van der Waals surface area contributed by atoms with E-state index in [1.165, 1.54) is 12.8 Å². The second-order valence-corrected chi connectivity index (χ2v) is 4.44. The molecule has 84 valence electrons. The third-order valence-electron chi connectivity index (χ3n) is 2.84. The number of halogens is 1. The van der Waals surface area contributed by atoms with Gasteiger partial charge in [-0.15, -0.1) is 0 Å². The van der Waals surface area contributed by atoms with Crippen LogP contribution in [0.1, 0.15) is 33.1 Å². The average Bonchev–Trinajstić information content (AvgIpc) is 2.58.